The third kappa shape index (κ3) is 6.19. The number of carbonyl (C=O) groups is 3. The van der Waals surface area contributed by atoms with Crippen molar-refractivity contribution in [3.05, 3.63) is 35.9 Å². The summed E-state index contributed by atoms with van der Waals surface area (Å²) in [5.74, 6) is -2.69. The van der Waals surface area contributed by atoms with Gasteiger partial charge in [-0.25, -0.2) is 4.79 Å². The fourth-order valence-corrected chi connectivity index (χ4v) is 2.13. The molecule has 0 aliphatic carbocycles. The molecule has 0 spiro atoms. The minimum atomic E-state index is -1.23. The monoisotopic (exact) mass is 355 g/mol. The summed E-state index contributed by atoms with van der Waals surface area (Å²) >= 11 is 3.88. The Kier molecular flexibility index (Phi) is 8.24. The second kappa shape index (κ2) is 9.91. The molecule has 1 aromatic rings. The van der Waals surface area contributed by atoms with E-state index < -0.39 is 42.5 Å². The second-order valence-corrected chi connectivity index (χ2v) is 5.49. The number of amides is 2. The van der Waals surface area contributed by atoms with E-state index in [-0.39, 0.29) is 12.2 Å². The number of rotatable bonds is 9. The van der Waals surface area contributed by atoms with Gasteiger partial charge in [0, 0.05) is 12.2 Å². The Morgan fingerprint density at radius 3 is 2.17 bits per heavy atom. The van der Waals surface area contributed by atoms with Gasteiger partial charge in [-0.15, -0.1) is 0 Å². The minimum Gasteiger partial charge on any atom is -0.480 e. The van der Waals surface area contributed by atoms with E-state index in [2.05, 4.69) is 23.3 Å². The molecule has 24 heavy (non-hydrogen) atoms. The molecule has 8 nitrogen and oxygen atoms in total. The highest BCUT2D eigenvalue weighted by atomic mass is 32.1. The van der Waals surface area contributed by atoms with Gasteiger partial charge in [-0.2, -0.15) is 12.6 Å². The minimum absolute atomic E-state index is 0.0940. The third-order valence-corrected chi connectivity index (χ3v) is 3.61. The van der Waals surface area contributed by atoms with Gasteiger partial charge in [0.15, 0.2) is 0 Å². The number of nitrogens with two attached hydrogens (primary N) is 1. The van der Waals surface area contributed by atoms with Gasteiger partial charge >= 0.3 is 5.97 Å². The molecule has 0 unspecified atom stereocenters. The number of hydrogen-bond acceptors (Lipinski definition) is 6. The molecule has 0 aliphatic heterocycles. The zero-order valence-electron chi connectivity index (χ0n) is 12.9. The topological polar surface area (TPSA) is 142 Å². The van der Waals surface area contributed by atoms with Crippen LogP contribution in [-0.2, 0) is 20.8 Å². The summed E-state index contributed by atoms with van der Waals surface area (Å²) in [6, 6.07) is 5.52. The van der Waals surface area contributed by atoms with Crippen molar-refractivity contribution in [3.63, 3.8) is 0 Å². The molecule has 6 N–H and O–H groups in total. The van der Waals surface area contributed by atoms with Crippen molar-refractivity contribution in [1.82, 2.24) is 10.6 Å². The van der Waals surface area contributed by atoms with Gasteiger partial charge in [0.1, 0.15) is 18.1 Å². The molecular formula is C15H21N3O5S. The number of carboxylic acid groups (broad SMARTS) is 1. The van der Waals surface area contributed by atoms with Gasteiger partial charge in [-0.1, -0.05) is 30.3 Å². The largest absolute Gasteiger partial charge is 0.480 e. The van der Waals surface area contributed by atoms with Crippen LogP contribution in [0.2, 0.25) is 0 Å². The number of benzene rings is 1. The van der Waals surface area contributed by atoms with E-state index in [1.807, 2.05) is 0 Å². The van der Waals surface area contributed by atoms with E-state index in [9.17, 15) is 14.4 Å². The lowest BCUT2D eigenvalue weighted by molar-refractivity contribution is -0.141. The predicted molar refractivity (Wildman–Crippen MR) is 90.6 cm³/mol. The number of carbonyl (C=O) groups excluding carboxylic acids is 2. The summed E-state index contributed by atoms with van der Waals surface area (Å²) in [4.78, 5) is 35.2. The lowest BCUT2D eigenvalue weighted by atomic mass is 10.0. The number of hydrogen-bond donors (Lipinski definition) is 6. The second-order valence-electron chi connectivity index (χ2n) is 5.12. The molecule has 0 saturated heterocycles. The lowest BCUT2D eigenvalue weighted by Gasteiger charge is -2.22. The number of aliphatic hydroxyl groups is 1. The molecule has 0 aliphatic rings. The van der Waals surface area contributed by atoms with E-state index in [0.29, 0.717) is 0 Å². The number of thiol groups is 1. The van der Waals surface area contributed by atoms with Crippen molar-refractivity contribution >= 4 is 30.4 Å². The Balaban J connectivity index is 2.88. The number of aliphatic hydroxyl groups excluding tert-OH is 1. The SMILES string of the molecule is N[C@@H](CO)C(=O)N[C@@H](Cc1ccccc1)C(=O)N[C@@H](CS)C(=O)O. The van der Waals surface area contributed by atoms with Gasteiger partial charge < -0.3 is 26.6 Å². The van der Waals surface area contributed by atoms with Crippen LogP contribution in [0, 0.1) is 0 Å². The average molecular weight is 355 g/mol. The van der Waals surface area contributed by atoms with Gasteiger partial charge in [-0.05, 0) is 5.56 Å². The Labute approximate surface area is 144 Å². The summed E-state index contributed by atoms with van der Waals surface area (Å²) in [6.45, 7) is -0.570. The first-order valence-electron chi connectivity index (χ1n) is 7.23. The van der Waals surface area contributed by atoms with Crippen LogP contribution in [0.5, 0.6) is 0 Å². The van der Waals surface area contributed by atoms with E-state index in [1.54, 1.807) is 30.3 Å². The Bertz CT molecular complexity index is 569. The third-order valence-electron chi connectivity index (χ3n) is 3.25. The Morgan fingerprint density at radius 1 is 1.08 bits per heavy atom. The van der Waals surface area contributed by atoms with Gasteiger partial charge in [0.2, 0.25) is 11.8 Å². The maximum Gasteiger partial charge on any atom is 0.327 e. The number of nitrogens with one attached hydrogen (secondary N) is 2. The molecule has 0 heterocycles. The molecule has 0 radical (unpaired) electrons. The molecule has 0 fully saturated rings. The van der Waals surface area contributed by atoms with Crippen molar-refractivity contribution in [3.8, 4) is 0 Å². The van der Waals surface area contributed by atoms with Crippen LogP contribution in [0.25, 0.3) is 0 Å². The first-order valence-corrected chi connectivity index (χ1v) is 7.87. The molecule has 1 rings (SSSR count). The van der Waals surface area contributed by atoms with Crippen molar-refractivity contribution in [2.24, 2.45) is 5.73 Å². The fraction of sp³-hybridized carbons (Fsp3) is 0.400. The highest BCUT2D eigenvalue weighted by Crippen LogP contribution is 2.04. The smallest absolute Gasteiger partial charge is 0.327 e. The molecule has 9 heteroatoms. The summed E-state index contributed by atoms with van der Waals surface area (Å²) in [5, 5.41) is 22.7. The fourth-order valence-electron chi connectivity index (χ4n) is 1.88. The zero-order chi connectivity index (χ0) is 18.1. The molecule has 0 bridgehead atoms. The van der Waals surface area contributed by atoms with Crippen LogP contribution < -0.4 is 16.4 Å². The van der Waals surface area contributed by atoms with Crippen LogP contribution in [0.1, 0.15) is 5.56 Å². The highest BCUT2D eigenvalue weighted by Gasteiger charge is 2.27. The van der Waals surface area contributed by atoms with Crippen LogP contribution in [0.4, 0.5) is 0 Å². The van der Waals surface area contributed by atoms with Gasteiger partial charge in [0.25, 0.3) is 0 Å². The van der Waals surface area contributed by atoms with Gasteiger partial charge in [-0.3, -0.25) is 9.59 Å². The lowest BCUT2D eigenvalue weighted by Crippen LogP contribution is -2.56. The first-order chi connectivity index (χ1) is 11.4. The van der Waals surface area contributed by atoms with E-state index in [0.717, 1.165) is 5.56 Å². The molecule has 132 valence electrons. The molecule has 0 aromatic heterocycles. The average Bonchev–Trinajstić information content (AvgIpc) is 2.58. The van der Waals surface area contributed by atoms with Crippen LogP contribution in [0.3, 0.4) is 0 Å². The maximum absolute atomic E-state index is 12.3. The molecular weight excluding hydrogens is 334 g/mol. The van der Waals surface area contributed by atoms with E-state index in [4.69, 9.17) is 15.9 Å². The molecule has 1 aromatic carbocycles. The predicted octanol–water partition coefficient (Wildman–Crippen LogP) is -1.47. The van der Waals surface area contributed by atoms with Crippen molar-refractivity contribution in [2.75, 3.05) is 12.4 Å². The molecule has 0 saturated carbocycles. The maximum atomic E-state index is 12.3. The standard InChI is InChI=1S/C15H21N3O5S/c16-10(7-19)13(20)17-11(6-9-4-2-1-3-5-9)14(21)18-12(8-24)15(22)23/h1-5,10-12,19,24H,6-8,16H2,(H,17,20)(H,18,21)(H,22,23)/t10-,11-,12-/m0/s1. The van der Waals surface area contributed by atoms with Crippen molar-refractivity contribution in [2.45, 2.75) is 24.5 Å². The van der Waals surface area contributed by atoms with Crippen LogP contribution >= 0.6 is 12.6 Å². The number of carboxylic acids is 1. The first kappa shape index (κ1) is 19.9. The van der Waals surface area contributed by atoms with Crippen molar-refractivity contribution in [1.29, 1.82) is 0 Å². The molecule has 2 amide bonds. The number of aliphatic carboxylic acids is 1. The normalized spacial score (nSPS) is 14.3. The quantitative estimate of drug-likeness (QED) is 0.299. The molecule has 3 atom stereocenters. The summed E-state index contributed by atoms with van der Waals surface area (Å²) in [5.41, 5.74) is 6.21. The van der Waals surface area contributed by atoms with E-state index >= 15 is 0 Å². The van der Waals surface area contributed by atoms with E-state index in [1.165, 1.54) is 0 Å². The summed E-state index contributed by atoms with van der Waals surface area (Å²) < 4.78 is 0. The summed E-state index contributed by atoms with van der Waals surface area (Å²) in [6.07, 6.45) is 0.148. The Morgan fingerprint density at radius 2 is 1.67 bits per heavy atom. The zero-order valence-corrected chi connectivity index (χ0v) is 13.8. The van der Waals surface area contributed by atoms with Crippen molar-refractivity contribution < 1.29 is 24.6 Å². The Hall–Kier alpha value is -2.10. The van der Waals surface area contributed by atoms with Gasteiger partial charge in [0.05, 0.1) is 6.61 Å². The highest BCUT2D eigenvalue weighted by molar-refractivity contribution is 7.80. The van der Waals surface area contributed by atoms with Crippen LogP contribution in [-0.4, -0.2) is 58.5 Å². The van der Waals surface area contributed by atoms with Crippen LogP contribution in [0.15, 0.2) is 30.3 Å². The summed E-state index contributed by atoms with van der Waals surface area (Å²) in [7, 11) is 0.